The fraction of sp³-hybridized carbons (Fsp3) is 0.0833. The van der Waals surface area contributed by atoms with Gasteiger partial charge in [-0.1, -0.05) is 29.8 Å². The molecule has 0 atom stereocenters. The minimum absolute atomic E-state index is 0.586. The van der Waals surface area contributed by atoms with Crippen molar-refractivity contribution in [3.8, 4) is 11.3 Å². The average molecular weight is 415 g/mol. The summed E-state index contributed by atoms with van der Waals surface area (Å²) in [5.41, 5.74) is 8.85. The van der Waals surface area contributed by atoms with Crippen molar-refractivity contribution in [2.75, 3.05) is 5.43 Å². The van der Waals surface area contributed by atoms with Crippen molar-refractivity contribution in [2.45, 2.75) is 13.8 Å². The Labute approximate surface area is 178 Å². The van der Waals surface area contributed by atoms with Crippen LogP contribution >= 0.6 is 11.6 Å². The Morgan fingerprint density at radius 3 is 2.60 bits per heavy atom. The van der Waals surface area contributed by atoms with Crippen molar-refractivity contribution in [1.82, 2.24) is 9.97 Å². The summed E-state index contributed by atoms with van der Waals surface area (Å²) in [5.74, 6) is 1.30. The van der Waals surface area contributed by atoms with E-state index >= 15 is 0 Å². The molecule has 5 aromatic rings. The van der Waals surface area contributed by atoms with Crippen LogP contribution in [0.25, 0.3) is 33.3 Å². The van der Waals surface area contributed by atoms with Gasteiger partial charge in [0.2, 0.25) is 5.95 Å². The lowest BCUT2D eigenvalue weighted by atomic mass is 10.1. The summed E-state index contributed by atoms with van der Waals surface area (Å²) < 4.78 is 6.24. The largest absolute Gasteiger partial charge is 0.456 e. The molecule has 2 N–H and O–H groups in total. The Bertz CT molecular complexity index is 1420. The number of hydrogen-bond donors (Lipinski definition) is 2. The second kappa shape index (κ2) is 7.35. The molecule has 0 bridgehead atoms. The normalized spacial score (nSPS) is 12.0. The van der Waals surface area contributed by atoms with Crippen LogP contribution in [0.1, 0.15) is 11.1 Å². The molecule has 6 heteroatoms. The maximum atomic E-state index is 6.24. The number of aryl methyl sites for hydroxylation is 2. The predicted octanol–water partition coefficient (Wildman–Crippen LogP) is 6.17. The third-order valence-electron chi connectivity index (χ3n) is 4.99. The first-order valence-electron chi connectivity index (χ1n) is 9.62. The number of aromatic amines is 1. The summed E-state index contributed by atoms with van der Waals surface area (Å²) >= 11 is 6.05. The number of H-pyrrole nitrogens is 1. The number of aromatic nitrogens is 2. The van der Waals surface area contributed by atoms with Gasteiger partial charge < -0.3 is 9.40 Å². The fourth-order valence-corrected chi connectivity index (χ4v) is 3.77. The number of para-hydroxylation sites is 2. The minimum atomic E-state index is 0.586. The van der Waals surface area contributed by atoms with Crippen LogP contribution in [0.15, 0.2) is 76.2 Å². The molecular formula is C24H19ClN4O. The quantitative estimate of drug-likeness (QED) is 0.347. The number of imidazole rings is 1. The molecule has 0 amide bonds. The predicted molar refractivity (Wildman–Crippen MR) is 121 cm³/mol. The first kappa shape index (κ1) is 18.5. The summed E-state index contributed by atoms with van der Waals surface area (Å²) in [7, 11) is 0. The number of fused-ring (bicyclic) bond motifs is 2. The van der Waals surface area contributed by atoms with E-state index in [1.807, 2.05) is 60.7 Å². The maximum absolute atomic E-state index is 6.24. The monoisotopic (exact) mass is 414 g/mol. The van der Waals surface area contributed by atoms with Gasteiger partial charge in [-0.3, -0.25) is 0 Å². The Hall–Kier alpha value is -3.57. The molecule has 2 aromatic heterocycles. The molecule has 5 rings (SSSR count). The lowest BCUT2D eigenvalue weighted by molar-refractivity contribution is 0.617. The van der Waals surface area contributed by atoms with Crippen molar-refractivity contribution in [3.05, 3.63) is 88.2 Å². The third kappa shape index (κ3) is 3.44. The third-order valence-corrected chi connectivity index (χ3v) is 5.24. The van der Waals surface area contributed by atoms with Crippen LogP contribution in [0.2, 0.25) is 5.02 Å². The molecule has 0 spiro atoms. The van der Waals surface area contributed by atoms with E-state index < -0.39 is 0 Å². The second-order valence-electron chi connectivity index (χ2n) is 7.28. The molecule has 0 aliphatic carbocycles. The van der Waals surface area contributed by atoms with Crippen LogP contribution in [-0.4, -0.2) is 9.97 Å². The first-order valence-corrected chi connectivity index (χ1v) is 10.0. The van der Waals surface area contributed by atoms with Crippen LogP contribution in [0, 0.1) is 13.8 Å². The van der Waals surface area contributed by atoms with E-state index in [0.717, 1.165) is 44.1 Å². The van der Waals surface area contributed by atoms with E-state index in [9.17, 15) is 0 Å². The summed E-state index contributed by atoms with van der Waals surface area (Å²) in [5, 5.41) is 7.08. The van der Waals surface area contributed by atoms with Gasteiger partial charge in [0.15, 0.2) is 0 Å². The van der Waals surface area contributed by atoms with E-state index in [2.05, 4.69) is 40.4 Å². The minimum Gasteiger partial charge on any atom is -0.456 e. The summed E-state index contributed by atoms with van der Waals surface area (Å²) in [6.45, 7) is 4.12. The number of nitrogens with one attached hydrogen (secondary N) is 2. The zero-order valence-corrected chi connectivity index (χ0v) is 17.3. The van der Waals surface area contributed by atoms with Crippen LogP contribution in [0.4, 0.5) is 5.95 Å². The topological polar surface area (TPSA) is 66.2 Å². The number of rotatable bonds is 3. The number of nitrogens with zero attached hydrogens (tertiary/aromatic N) is 2. The Morgan fingerprint density at radius 1 is 1.00 bits per heavy atom. The van der Waals surface area contributed by atoms with Gasteiger partial charge in [-0.2, -0.15) is 5.10 Å². The SMILES string of the molecule is Cc1cc(C)c2c(=NNc3nc4ccccc4[nH]3)cc(-c3ccc(Cl)cc3)oc2c1. The average Bonchev–Trinajstić information content (AvgIpc) is 3.15. The summed E-state index contributed by atoms with van der Waals surface area (Å²) in [6, 6.07) is 21.5. The molecule has 30 heavy (non-hydrogen) atoms. The van der Waals surface area contributed by atoms with E-state index in [1.54, 1.807) is 0 Å². The highest BCUT2D eigenvalue weighted by molar-refractivity contribution is 6.30. The second-order valence-corrected chi connectivity index (χ2v) is 7.72. The molecule has 0 radical (unpaired) electrons. The fourth-order valence-electron chi connectivity index (χ4n) is 3.65. The van der Waals surface area contributed by atoms with Gasteiger partial charge in [-0.25, -0.2) is 10.4 Å². The van der Waals surface area contributed by atoms with Crippen LogP contribution in [0.3, 0.4) is 0 Å². The van der Waals surface area contributed by atoms with Gasteiger partial charge in [-0.15, -0.1) is 0 Å². The number of anilines is 1. The first-order chi connectivity index (χ1) is 14.6. The van der Waals surface area contributed by atoms with Gasteiger partial charge >= 0.3 is 0 Å². The van der Waals surface area contributed by atoms with Gasteiger partial charge in [0.25, 0.3) is 0 Å². The van der Waals surface area contributed by atoms with E-state index in [1.165, 1.54) is 0 Å². The molecule has 0 aliphatic heterocycles. The molecule has 148 valence electrons. The van der Waals surface area contributed by atoms with Gasteiger partial charge in [0, 0.05) is 22.0 Å². The van der Waals surface area contributed by atoms with Crippen molar-refractivity contribution in [3.63, 3.8) is 0 Å². The lowest BCUT2D eigenvalue weighted by Crippen LogP contribution is -2.09. The zero-order chi connectivity index (χ0) is 20.7. The van der Waals surface area contributed by atoms with Gasteiger partial charge in [0.1, 0.15) is 11.3 Å². The zero-order valence-electron chi connectivity index (χ0n) is 16.5. The molecule has 5 nitrogen and oxygen atoms in total. The molecule has 0 saturated heterocycles. The number of hydrogen-bond acceptors (Lipinski definition) is 4. The highest BCUT2D eigenvalue weighted by Crippen LogP contribution is 2.26. The van der Waals surface area contributed by atoms with Crippen LogP contribution < -0.4 is 10.8 Å². The van der Waals surface area contributed by atoms with Crippen LogP contribution in [-0.2, 0) is 0 Å². The smallest absolute Gasteiger partial charge is 0.222 e. The Kier molecular flexibility index (Phi) is 4.52. The van der Waals surface area contributed by atoms with E-state index in [4.69, 9.17) is 16.0 Å². The van der Waals surface area contributed by atoms with Crippen LogP contribution in [0.5, 0.6) is 0 Å². The maximum Gasteiger partial charge on any atom is 0.222 e. The lowest BCUT2D eigenvalue weighted by Gasteiger charge is -2.08. The molecule has 3 aromatic carbocycles. The van der Waals surface area contributed by atoms with E-state index in [0.29, 0.717) is 16.7 Å². The van der Waals surface area contributed by atoms with Crippen molar-refractivity contribution >= 4 is 39.6 Å². The highest BCUT2D eigenvalue weighted by atomic mass is 35.5. The molecule has 0 unspecified atom stereocenters. The molecular weight excluding hydrogens is 396 g/mol. The Balaban J connectivity index is 1.68. The van der Waals surface area contributed by atoms with E-state index in [-0.39, 0.29) is 0 Å². The van der Waals surface area contributed by atoms with Crippen molar-refractivity contribution < 1.29 is 4.42 Å². The molecule has 0 aliphatic rings. The molecule has 0 saturated carbocycles. The van der Waals surface area contributed by atoms with Gasteiger partial charge in [-0.05, 0) is 67.4 Å². The van der Waals surface area contributed by atoms with Crippen molar-refractivity contribution in [1.29, 1.82) is 0 Å². The number of benzene rings is 3. The molecule has 2 heterocycles. The summed E-state index contributed by atoms with van der Waals surface area (Å²) in [6.07, 6.45) is 0. The standard InChI is InChI=1S/C24H19ClN4O/c1-14-11-15(2)23-20(28-29-24-26-18-5-3-4-6-19(18)27-24)13-21(30-22(23)12-14)16-7-9-17(25)10-8-16/h3-13H,1-2H3,(H2,26,27,29). The number of halogens is 1. The van der Waals surface area contributed by atoms with Crippen molar-refractivity contribution in [2.24, 2.45) is 5.10 Å². The Morgan fingerprint density at radius 2 is 1.80 bits per heavy atom. The highest BCUT2D eigenvalue weighted by Gasteiger charge is 2.10. The molecule has 0 fully saturated rings. The summed E-state index contributed by atoms with van der Waals surface area (Å²) in [4.78, 5) is 7.77. The van der Waals surface area contributed by atoms with Gasteiger partial charge in [0.05, 0.1) is 16.4 Å².